The highest BCUT2D eigenvalue weighted by Crippen LogP contribution is 2.23. The van der Waals surface area contributed by atoms with Crippen LogP contribution in [0.15, 0.2) is 0 Å². The summed E-state index contributed by atoms with van der Waals surface area (Å²) in [7, 11) is 3.89. The van der Waals surface area contributed by atoms with Crippen molar-refractivity contribution in [1.29, 1.82) is 0 Å². The lowest BCUT2D eigenvalue weighted by molar-refractivity contribution is 0.609. The van der Waals surface area contributed by atoms with Crippen molar-refractivity contribution < 1.29 is 0 Å². The van der Waals surface area contributed by atoms with Crippen LogP contribution in [0.25, 0.3) is 0 Å². The van der Waals surface area contributed by atoms with E-state index in [2.05, 4.69) is 24.0 Å². The Kier molecular flexibility index (Phi) is 4.74. The molecule has 0 amide bonds. The fourth-order valence-corrected chi connectivity index (χ4v) is 3.11. The number of hydrogen-bond acceptors (Lipinski definition) is 3. The molecule has 0 saturated heterocycles. The molecule has 0 bridgehead atoms. The largest absolute Gasteiger partial charge is 0.327 e. The van der Waals surface area contributed by atoms with Gasteiger partial charge in [-0.2, -0.15) is 10.2 Å². The van der Waals surface area contributed by atoms with E-state index in [1.54, 1.807) is 0 Å². The van der Waals surface area contributed by atoms with Crippen molar-refractivity contribution in [3.63, 3.8) is 0 Å². The van der Waals surface area contributed by atoms with Crippen LogP contribution in [0.3, 0.4) is 0 Å². The summed E-state index contributed by atoms with van der Waals surface area (Å²) in [6.07, 6.45) is 2.35. The maximum atomic E-state index is 6.39. The van der Waals surface area contributed by atoms with E-state index in [0.29, 0.717) is 0 Å². The first-order valence-corrected chi connectivity index (χ1v) is 7.67. The molecule has 0 aliphatic carbocycles. The minimum Gasteiger partial charge on any atom is -0.327 e. The first-order chi connectivity index (χ1) is 9.85. The number of hydrogen-bond donors (Lipinski definition) is 1. The van der Waals surface area contributed by atoms with E-state index in [4.69, 9.17) is 17.3 Å². The summed E-state index contributed by atoms with van der Waals surface area (Å²) in [5, 5.41) is 9.64. The van der Waals surface area contributed by atoms with Crippen molar-refractivity contribution in [3.05, 3.63) is 33.4 Å². The summed E-state index contributed by atoms with van der Waals surface area (Å²) in [5.41, 5.74) is 11.8. The summed E-state index contributed by atoms with van der Waals surface area (Å²) in [5.74, 6) is 0. The molecule has 2 rings (SSSR count). The van der Waals surface area contributed by atoms with Crippen LogP contribution in [0.5, 0.6) is 0 Å². The van der Waals surface area contributed by atoms with Gasteiger partial charge in [0.2, 0.25) is 0 Å². The number of nitrogens with zero attached hydrogens (tertiary/aromatic N) is 4. The number of rotatable bonds is 5. The summed E-state index contributed by atoms with van der Waals surface area (Å²) in [4.78, 5) is 0. The Balaban J connectivity index is 2.15. The summed E-state index contributed by atoms with van der Waals surface area (Å²) >= 11 is 6.39. The van der Waals surface area contributed by atoms with E-state index in [1.165, 1.54) is 11.3 Å². The fourth-order valence-electron chi connectivity index (χ4n) is 2.74. The molecular weight excluding hydrogens is 286 g/mol. The van der Waals surface area contributed by atoms with Gasteiger partial charge in [-0.3, -0.25) is 9.36 Å². The van der Waals surface area contributed by atoms with Crippen molar-refractivity contribution in [2.24, 2.45) is 19.8 Å². The predicted octanol–water partition coefficient (Wildman–Crippen LogP) is 2.10. The summed E-state index contributed by atoms with van der Waals surface area (Å²) < 4.78 is 3.76. The average molecular weight is 310 g/mol. The molecule has 0 saturated carbocycles. The molecule has 5 nitrogen and oxygen atoms in total. The fraction of sp³-hybridized carbons (Fsp3) is 0.600. The maximum absolute atomic E-state index is 6.39. The normalized spacial score (nSPS) is 12.9. The smallest absolute Gasteiger partial charge is 0.0850 e. The van der Waals surface area contributed by atoms with E-state index < -0.39 is 0 Å². The second-order valence-electron chi connectivity index (χ2n) is 5.63. The molecule has 0 aliphatic heterocycles. The third-order valence-electron chi connectivity index (χ3n) is 4.08. The van der Waals surface area contributed by atoms with Gasteiger partial charge in [0.1, 0.15) is 0 Å². The minimum absolute atomic E-state index is 0.00389. The Morgan fingerprint density at radius 3 is 2.29 bits per heavy atom. The van der Waals surface area contributed by atoms with Crippen molar-refractivity contribution in [2.45, 2.75) is 46.1 Å². The molecular formula is C15H24ClN5. The SMILES string of the molecule is CCc1nn(C)c(CC(N)Cc2c(C)nn(C)c2C)c1Cl. The topological polar surface area (TPSA) is 61.7 Å². The van der Waals surface area contributed by atoms with Crippen molar-refractivity contribution in [3.8, 4) is 0 Å². The van der Waals surface area contributed by atoms with Gasteiger partial charge in [0.05, 0.1) is 22.1 Å². The van der Waals surface area contributed by atoms with Crippen LogP contribution in [-0.2, 0) is 33.4 Å². The van der Waals surface area contributed by atoms with E-state index in [-0.39, 0.29) is 6.04 Å². The monoisotopic (exact) mass is 309 g/mol. The lowest BCUT2D eigenvalue weighted by Crippen LogP contribution is -2.27. The van der Waals surface area contributed by atoms with Crippen LogP contribution in [-0.4, -0.2) is 25.6 Å². The number of aromatic nitrogens is 4. The molecule has 0 radical (unpaired) electrons. The predicted molar refractivity (Wildman–Crippen MR) is 85.7 cm³/mol. The molecule has 2 aromatic heterocycles. The zero-order valence-corrected chi connectivity index (χ0v) is 14.2. The zero-order valence-electron chi connectivity index (χ0n) is 13.4. The Bertz CT molecular complexity index is 641. The average Bonchev–Trinajstić information content (AvgIpc) is 2.83. The van der Waals surface area contributed by atoms with Crippen LogP contribution in [0.4, 0.5) is 0 Å². The number of aryl methyl sites for hydroxylation is 4. The molecule has 0 fully saturated rings. The lowest BCUT2D eigenvalue weighted by Gasteiger charge is -2.12. The molecule has 2 N–H and O–H groups in total. The van der Waals surface area contributed by atoms with Crippen LogP contribution < -0.4 is 5.73 Å². The zero-order chi connectivity index (χ0) is 15.7. The molecule has 6 heteroatoms. The van der Waals surface area contributed by atoms with E-state index in [0.717, 1.165) is 41.4 Å². The van der Waals surface area contributed by atoms with Crippen LogP contribution in [0, 0.1) is 13.8 Å². The molecule has 116 valence electrons. The second kappa shape index (κ2) is 6.20. The molecule has 2 heterocycles. The van der Waals surface area contributed by atoms with Gasteiger partial charge in [-0.15, -0.1) is 0 Å². The molecule has 0 spiro atoms. The highest BCUT2D eigenvalue weighted by molar-refractivity contribution is 6.31. The Morgan fingerprint density at radius 2 is 1.81 bits per heavy atom. The standard InChI is InChI=1S/C15H24ClN5/c1-6-13-15(16)14(21(5)19-13)8-11(17)7-12-9(2)18-20(4)10(12)3/h11H,6-8,17H2,1-5H3. The third kappa shape index (κ3) is 3.14. The van der Waals surface area contributed by atoms with Gasteiger partial charge < -0.3 is 5.73 Å². The highest BCUT2D eigenvalue weighted by atomic mass is 35.5. The first-order valence-electron chi connectivity index (χ1n) is 7.30. The molecule has 1 atom stereocenters. The third-order valence-corrected chi connectivity index (χ3v) is 4.52. The molecule has 21 heavy (non-hydrogen) atoms. The lowest BCUT2D eigenvalue weighted by atomic mass is 10.0. The van der Waals surface area contributed by atoms with Crippen molar-refractivity contribution >= 4 is 11.6 Å². The molecule has 1 unspecified atom stereocenters. The van der Waals surface area contributed by atoms with Crippen molar-refractivity contribution in [1.82, 2.24) is 19.6 Å². The van der Waals surface area contributed by atoms with Gasteiger partial charge in [-0.05, 0) is 32.3 Å². The van der Waals surface area contributed by atoms with E-state index in [1.807, 2.05) is 30.4 Å². The van der Waals surface area contributed by atoms with E-state index in [9.17, 15) is 0 Å². The first kappa shape index (κ1) is 16.0. The Hall–Kier alpha value is -1.33. The van der Waals surface area contributed by atoms with Crippen LogP contribution in [0.2, 0.25) is 5.02 Å². The van der Waals surface area contributed by atoms with Gasteiger partial charge >= 0.3 is 0 Å². The van der Waals surface area contributed by atoms with Gasteiger partial charge in [0, 0.05) is 32.3 Å². The van der Waals surface area contributed by atoms with Gasteiger partial charge in [0.25, 0.3) is 0 Å². The molecule has 2 aromatic rings. The summed E-state index contributed by atoms with van der Waals surface area (Å²) in [6.45, 7) is 6.16. The van der Waals surface area contributed by atoms with Gasteiger partial charge in [-0.25, -0.2) is 0 Å². The Morgan fingerprint density at radius 1 is 1.14 bits per heavy atom. The van der Waals surface area contributed by atoms with Crippen LogP contribution in [0.1, 0.15) is 35.3 Å². The van der Waals surface area contributed by atoms with Crippen LogP contribution >= 0.6 is 11.6 Å². The Labute approximate surface area is 131 Å². The quantitative estimate of drug-likeness (QED) is 0.920. The molecule has 0 aliphatic rings. The minimum atomic E-state index is 0.00389. The maximum Gasteiger partial charge on any atom is 0.0850 e. The van der Waals surface area contributed by atoms with Gasteiger partial charge in [0.15, 0.2) is 0 Å². The molecule has 0 aromatic carbocycles. The second-order valence-corrected chi connectivity index (χ2v) is 6.00. The highest BCUT2D eigenvalue weighted by Gasteiger charge is 2.18. The number of nitrogens with two attached hydrogens (primary N) is 1. The number of halogens is 1. The van der Waals surface area contributed by atoms with Crippen molar-refractivity contribution in [2.75, 3.05) is 0 Å². The summed E-state index contributed by atoms with van der Waals surface area (Å²) in [6, 6.07) is 0.00389. The van der Waals surface area contributed by atoms with E-state index >= 15 is 0 Å². The van der Waals surface area contributed by atoms with Gasteiger partial charge in [-0.1, -0.05) is 18.5 Å².